The van der Waals surface area contributed by atoms with Gasteiger partial charge in [0, 0.05) is 11.8 Å². The maximum atomic E-state index is 11.5. The predicted octanol–water partition coefficient (Wildman–Crippen LogP) is 2.01. The van der Waals surface area contributed by atoms with E-state index >= 15 is 0 Å². The molecular formula is C17H19NO5S. The van der Waals surface area contributed by atoms with Gasteiger partial charge in [0.05, 0.1) is 11.5 Å². The van der Waals surface area contributed by atoms with Crippen LogP contribution in [-0.4, -0.2) is 39.2 Å². The summed E-state index contributed by atoms with van der Waals surface area (Å²) in [6.45, 7) is 0.133. The van der Waals surface area contributed by atoms with Gasteiger partial charge < -0.3 is 14.7 Å². The van der Waals surface area contributed by atoms with E-state index in [1.807, 2.05) is 0 Å². The summed E-state index contributed by atoms with van der Waals surface area (Å²) < 4.78 is 28.7. The first-order chi connectivity index (χ1) is 11.4. The number of sulfone groups is 1. The summed E-state index contributed by atoms with van der Waals surface area (Å²) in [5, 5.41) is 13.0. The highest BCUT2D eigenvalue weighted by Gasteiger charge is 2.10. The van der Waals surface area contributed by atoms with Gasteiger partial charge in [0.2, 0.25) is 0 Å². The van der Waals surface area contributed by atoms with Crippen LogP contribution in [0, 0.1) is 0 Å². The van der Waals surface area contributed by atoms with Gasteiger partial charge in [-0.1, -0.05) is 29.4 Å². The largest absolute Gasteiger partial charge is 0.487 e. The molecule has 0 aliphatic carbocycles. The van der Waals surface area contributed by atoms with Crippen molar-refractivity contribution in [2.45, 2.75) is 11.5 Å². The van der Waals surface area contributed by atoms with Crippen LogP contribution >= 0.6 is 0 Å². The molecule has 0 amide bonds. The minimum absolute atomic E-state index is 0.0245. The number of benzene rings is 2. The van der Waals surface area contributed by atoms with E-state index < -0.39 is 9.84 Å². The van der Waals surface area contributed by atoms with Gasteiger partial charge in [-0.25, -0.2) is 8.42 Å². The van der Waals surface area contributed by atoms with E-state index in [1.165, 1.54) is 19.2 Å². The lowest BCUT2D eigenvalue weighted by Gasteiger charge is -2.10. The van der Waals surface area contributed by atoms with Gasteiger partial charge in [0.1, 0.15) is 25.2 Å². The maximum Gasteiger partial charge on any atom is 0.175 e. The Morgan fingerprint density at radius 2 is 1.71 bits per heavy atom. The summed E-state index contributed by atoms with van der Waals surface area (Å²) in [7, 11) is -1.81. The van der Waals surface area contributed by atoms with Crippen LogP contribution in [-0.2, 0) is 21.3 Å². The number of aliphatic hydroxyl groups excluding tert-OH is 1. The Kier molecular flexibility index (Phi) is 5.94. The molecule has 0 aromatic heterocycles. The Labute approximate surface area is 141 Å². The number of hydrogen-bond acceptors (Lipinski definition) is 6. The number of hydrogen-bond donors (Lipinski definition) is 1. The van der Waals surface area contributed by atoms with E-state index in [-0.39, 0.29) is 18.1 Å². The number of aliphatic hydroxyl groups is 1. The van der Waals surface area contributed by atoms with Gasteiger partial charge in [0.15, 0.2) is 9.84 Å². The van der Waals surface area contributed by atoms with Crippen LogP contribution in [0.15, 0.2) is 58.6 Å². The lowest BCUT2D eigenvalue weighted by atomic mass is 10.1. The summed E-state index contributed by atoms with van der Waals surface area (Å²) in [5.41, 5.74) is 2.03. The van der Waals surface area contributed by atoms with Gasteiger partial charge in [-0.3, -0.25) is 0 Å². The second kappa shape index (κ2) is 7.94. The molecule has 0 aliphatic rings. The van der Waals surface area contributed by atoms with E-state index in [2.05, 4.69) is 5.16 Å². The zero-order valence-corrected chi connectivity index (χ0v) is 14.3. The average molecular weight is 349 g/mol. The van der Waals surface area contributed by atoms with Gasteiger partial charge >= 0.3 is 0 Å². The third-order valence-corrected chi connectivity index (χ3v) is 4.43. The van der Waals surface area contributed by atoms with Crippen molar-refractivity contribution in [1.29, 1.82) is 0 Å². The molecule has 0 saturated carbocycles. The van der Waals surface area contributed by atoms with Gasteiger partial charge in [-0.15, -0.1) is 0 Å². The van der Waals surface area contributed by atoms with E-state index in [9.17, 15) is 8.42 Å². The summed E-state index contributed by atoms with van der Waals surface area (Å²) in [6, 6.07) is 13.4. The Bertz CT molecular complexity index is 796. The summed E-state index contributed by atoms with van der Waals surface area (Å²) in [5.74, 6) is 0.628. The highest BCUT2D eigenvalue weighted by Crippen LogP contribution is 2.15. The zero-order chi connectivity index (χ0) is 17.6. The molecule has 0 atom stereocenters. The summed E-state index contributed by atoms with van der Waals surface area (Å²) in [4.78, 5) is 5.08. The molecular weight excluding hydrogens is 330 g/mol. The SMILES string of the molecule is CO/N=C(/COc1ccc(CO)cc1)c1ccc(S(C)(=O)=O)cc1. The number of rotatable bonds is 7. The number of oxime groups is 1. The van der Waals surface area contributed by atoms with Crippen molar-refractivity contribution in [2.24, 2.45) is 5.16 Å². The van der Waals surface area contributed by atoms with Crippen molar-refractivity contribution in [2.75, 3.05) is 20.0 Å². The minimum Gasteiger partial charge on any atom is -0.487 e. The van der Waals surface area contributed by atoms with E-state index in [0.29, 0.717) is 17.0 Å². The Hall–Kier alpha value is -2.38. The van der Waals surface area contributed by atoms with Crippen molar-refractivity contribution in [1.82, 2.24) is 0 Å². The Balaban J connectivity index is 2.13. The molecule has 0 unspecified atom stereocenters. The van der Waals surface area contributed by atoms with Crippen LogP contribution in [0.3, 0.4) is 0 Å². The fraction of sp³-hybridized carbons (Fsp3) is 0.235. The fourth-order valence-electron chi connectivity index (χ4n) is 2.01. The Morgan fingerprint density at radius 3 is 2.21 bits per heavy atom. The third kappa shape index (κ3) is 4.81. The molecule has 2 aromatic rings. The lowest BCUT2D eigenvalue weighted by molar-refractivity contribution is 0.210. The minimum atomic E-state index is -3.24. The topological polar surface area (TPSA) is 85.2 Å². The first-order valence-electron chi connectivity index (χ1n) is 7.17. The molecule has 0 radical (unpaired) electrons. The summed E-state index contributed by atoms with van der Waals surface area (Å²) in [6.07, 6.45) is 1.16. The molecule has 6 nitrogen and oxygen atoms in total. The zero-order valence-electron chi connectivity index (χ0n) is 13.5. The normalized spacial score (nSPS) is 12.0. The molecule has 0 bridgehead atoms. The predicted molar refractivity (Wildman–Crippen MR) is 91.0 cm³/mol. The molecule has 0 aliphatic heterocycles. The monoisotopic (exact) mass is 349 g/mol. The van der Waals surface area contributed by atoms with E-state index in [4.69, 9.17) is 14.7 Å². The van der Waals surface area contributed by atoms with Crippen molar-refractivity contribution >= 4 is 15.5 Å². The van der Waals surface area contributed by atoms with Crippen LogP contribution in [0.4, 0.5) is 0 Å². The molecule has 7 heteroatoms. The first-order valence-corrected chi connectivity index (χ1v) is 9.06. The van der Waals surface area contributed by atoms with Crippen LogP contribution < -0.4 is 4.74 Å². The van der Waals surface area contributed by atoms with E-state index in [1.54, 1.807) is 36.4 Å². The standard InChI is InChI=1S/C17H19NO5S/c1-22-18-17(12-23-15-7-3-13(11-19)4-8-15)14-5-9-16(10-6-14)24(2,20)21/h3-10,19H,11-12H2,1-2H3/b18-17-. The molecule has 0 spiro atoms. The highest BCUT2D eigenvalue weighted by atomic mass is 32.2. The molecule has 1 N–H and O–H groups in total. The first kappa shape index (κ1) is 18.0. The fourth-order valence-corrected chi connectivity index (χ4v) is 2.64. The molecule has 2 rings (SSSR count). The average Bonchev–Trinajstić information content (AvgIpc) is 2.58. The van der Waals surface area contributed by atoms with Gasteiger partial charge in [-0.2, -0.15) is 0 Å². The van der Waals surface area contributed by atoms with Gasteiger partial charge in [0.25, 0.3) is 0 Å². The lowest BCUT2D eigenvalue weighted by Crippen LogP contribution is -2.14. The number of nitrogens with zero attached hydrogens (tertiary/aromatic N) is 1. The summed E-state index contributed by atoms with van der Waals surface area (Å²) >= 11 is 0. The van der Waals surface area contributed by atoms with Crippen LogP contribution in [0.2, 0.25) is 0 Å². The molecule has 128 valence electrons. The van der Waals surface area contributed by atoms with Crippen LogP contribution in [0.25, 0.3) is 0 Å². The quantitative estimate of drug-likeness (QED) is 0.610. The number of ether oxygens (including phenoxy) is 1. The highest BCUT2D eigenvalue weighted by molar-refractivity contribution is 7.90. The second-order valence-electron chi connectivity index (χ2n) is 5.11. The van der Waals surface area contributed by atoms with Crippen molar-refractivity contribution < 1.29 is 23.1 Å². The van der Waals surface area contributed by atoms with Crippen LogP contribution in [0.5, 0.6) is 5.75 Å². The second-order valence-corrected chi connectivity index (χ2v) is 7.12. The van der Waals surface area contributed by atoms with Crippen molar-refractivity contribution in [3.8, 4) is 5.75 Å². The maximum absolute atomic E-state index is 11.5. The third-order valence-electron chi connectivity index (χ3n) is 3.30. The van der Waals surface area contributed by atoms with Crippen LogP contribution in [0.1, 0.15) is 11.1 Å². The molecule has 24 heavy (non-hydrogen) atoms. The molecule has 0 saturated heterocycles. The van der Waals surface area contributed by atoms with E-state index in [0.717, 1.165) is 11.8 Å². The molecule has 0 fully saturated rings. The Morgan fingerprint density at radius 1 is 1.08 bits per heavy atom. The smallest absolute Gasteiger partial charge is 0.175 e. The van der Waals surface area contributed by atoms with Gasteiger partial charge in [-0.05, 0) is 29.8 Å². The van der Waals surface area contributed by atoms with Crippen molar-refractivity contribution in [3.63, 3.8) is 0 Å². The molecule has 0 heterocycles. The van der Waals surface area contributed by atoms with Crippen molar-refractivity contribution in [3.05, 3.63) is 59.7 Å². The molecule has 2 aromatic carbocycles.